The molecular formula is C27H29ClN6O3. The van der Waals surface area contributed by atoms with Gasteiger partial charge in [0.2, 0.25) is 0 Å². The molecule has 0 spiro atoms. The van der Waals surface area contributed by atoms with Crippen molar-refractivity contribution in [3.63, 3.8) is 0 Å². The number of para-hydroxylation sites is 1. The number of likely N-dealkylation sites (N-methyl/N-ethyl adjacent to an activating group) is 1. The van der Waals surface area contributed by atoms with Gasteiger partial charge in [0.15, 0.2) is 6.61 Å². The van der Waals surface area contributed by atoms with E-state index < -0.39 is 0 Å². The Bertz CT molecular complexity index is 1430. The van der Waals surface area contributed by atoms with Gasteiger partial charge in [0, 0.05) is 62.3 Å². The first-order valence-electron chi connectivity index (χ1n) is 12.1. The second-order valence-electron chi connectivity index (χ2n) is 9.16. The second kappa shape index (κ2) is 10.7. The third-order valence-electron chi connectivity index (χ3n) is 6.57. The van der Waals surface area contributed by atoms with Crippen molar-refractivity contribution in [2.75, 3.05) is 39.8 Å². The molecule has 0 saturated carbocycles. The van der Waals surface area contributed by atoms with Crippen LogP contribution in [0.25, 0.3) is 22.2 Å². The number of aromatic nitrogens is 4. The zero-order valence-electron chi connectivity index (χ0n) is 21.1. The van der Waals surface area contributed by atoms with Gasteiger partial charge in [-0.15, -0.1) is 0 Å². The van der Waals surface area contributed by atoms with Crippen molar-refractivity contribution in [3.05, 3.63) is 65.2 Å². The van der Waals surface area contributed by atoms with E-state index in [0.29, 0.717) is 35.2 Å². The van der Waals surface area contributed by atoms with Crippen molar-refractivity contribution >= 4 is 28.4 Å². The lowest BCUT2D eigenvalue weighted by molar-refractivity contribution is -0.134. The number of pyridine rings is 2. The Morgan fingerprint density at radius 2 is 1.86 bits per heavy atom. The van der Waals surface area contributed by atoms with Crippen LogP contribution in [-0.4, -0.2) is 75.3 Å². The van der Waals surface area contributed by atoms with Gasteiger partial charge >= 0.3 is 0 Å². The molecule has 1 aliphatic rings. The van der Waals surface area contributed by atoms with Crippen LogP contribution in [0.3, 0.4) is 0 Å². The third-order valence-corrected chi connectivity index (χ3v) is 6.90. The maximum Gasteiger partial charge on any atom is 0.260 e. The Labute approximate surface area is 220 Å². The summed E-state index contributed by atoms with van der Waals surface area (Å²) in [6.07, 6.45) is 4.88. The van der Waals surface area contributed by atoms with E-state index in [1.807, 2.05) is 53.9 Å². The molecule has 9 nitrogen and oxygen atoms in total. The lowest BCUT2D eigenvalue weighted by atomic mass is 10.0. The molecule has 3 aromatic heterocycles. The predicted molar refractivity (Wildman–Crippen MR) is 142 cm³/mol. The molecule has 5 rings (SSSR count). The molecule has 0 bridgehead atoms. The van der Waals surface area contributed by atoms with Crippen LogP contribution in [0.1, 0.15) is 11.3 Å². The Morgan fingerprint density at radius 3 is 2.62 bits per heavy atom. The molecule has 0 atom stereocenters. The first kappa shape index (κ1) is 25.0. The van der Waals surface area contributed by atoms with Crippen LogP contribution < -0.4 is 9.47 Å². The topological polar surface area (TPSA) is 85.6 Å². The van der Waals surface area contributed by atoms with Crippen LogP contribution in [0, 0.1) is 6.92 Å². The third kappa shape index (κ3) is 5.38. The normalized spacial score (nSPS) is 14.2. The summed E-state index contributed by atoms with van der Waals surface area (Å²) >= 11 is 6.48. The number of halogens is 1. The van der Waals surface area contributed by atoms with Crippen molar-refractivity contribution in [2.24, 2.45) is 7.05 Å². The number of nitrogens with zero attached hydrogens (tertiary/aromatic N) is 6. The number of fused-ring (bicyclic) bond motifs is 1. The summed E-state index contributed by atoms with van der Waals surface area (Å²) in [5.41, 5.74) is 4.26. The largest absolute Gasteiger partial charge is 0.486 e. The monoisotopic (exact) mass is 520 g/mol. The van der Waals surface area contributed by atoms with Crippen molar-refractivity contribution in [1.29, 1.82) is 0 Å². The van der Waals surface area contributed by atoms with Crippen LogP contribution in [0.5, 0.6) is 11.5 Å². The average Bonchev–Trinajstić information content (AvgIpc) is 3.32. The van der Waals surface area contributed by atoms with Crippen LogP contribution in [0.2, 0.25) is 5.02 Å². The molecule has 1 fully saturated rings. The lowest BCUT2D eigenvalue weighted by Crippen LogP contribution is -2.48. The summed E-state index contributed by atoms with van der Waals surface area (Å²) in [6, 6.07) is 9.87. The molecule has 1 amide bonds. The number of benzene rings is 1. The average molecular weight is 521 g/mol. The summed E-state index contributed by atoms with van der Waals surface area (Å²) in [4.78, 5) is 25.6. The minimum absolute atomic E-state index is 0.0589. The molecule has 0 radical (unpaired) electrons. The van der Waals surface area contributed by atoms with Gasteiger partial charge in [-0.3, -0.25) is 14.5 Å². The van der Waals surface area contributed by atoms with E-state index >= 15 is 0 Å². The fraction of sp³-hybridized carbons (Fsp3) is 0.333. The number of rotatable bonds is 7. The highest BCUT2D eigenvalue weighted by atomic mass is 35.5. The van der Waals surface area contributed by atoms with Gasteiger partial charge in [-0.1, -0.05) is 23.7 Å². The molecule has 0 N–H and O–H groups in total. The number of piperazine rings is 1. The number of hydrogen-bond donors (Lipinski definition) is 0. The van der Waals surface area contributed by atoms with Gasteiger partial charge in [0.1, 0.15) is 23.6 Å². The SMILES string of the molecule is Cc1cc(-c2ccnn2C)c2cccc(OCc3c(Cl)cncc3OCC(=O)N3CCN(C)CC3)c2n1. The quantitative estimate of drug-likeness (QED) is 0.367. The van der Waals surface area contributed by atoms with E-state index in [1.54, 1.807) is 18.6 Å². The number of hydrogen-bond acceptors (Lipinski definition) is 7. The Hall–Kier alpha value is -3.69. The van der Waals surface area contributed by atoms with Crippen LogP contribution >= 0.6 is 11.6 Å². The highest BCUT2D eigenvalue weighted by Crippen LogP contribution is 2.34. The summed E-state index contributed by atoms with van der Waals surface area (Å²) in [6.45, 7) is 5.10. The number of carbonyl (C=O) groups excluding carboxylic acids is 1. The molecule has 1 aliphatic heterocycles. The molecule has 1 saturated heterocycles. The van der Waals surface area contributed by atoms with Crippen molar-refractivity contribution in [2.45, 2.75) is 13.5 Å². The predicted octanol–water partition coefficient (Wildman–Crippen LogP) is 3.72. The van der Waals surface area contributed by atoms with E-state index in [-0.39, 0.29) is 19.1 Å². The zero-order valence-corrected chi connectivity index (χ0v) is 21.9. The van der Waals surface area contributed by atoms with Crippen molar-refractivity contribution in [1.82, 2.24) is 29.5 Å². The van der Waals surface area contributed by atoms with E-state index in [4.69, 9.17) is 26.1 Å². The summed E-state index contributed by atoms with van der Waals surface area (Å²) in [7, 11) is 3.97. The van der Waals surface area contributed by atoms with E-state index in [0.717, 1.165) is 40.9 Å². The van der Waals surface area contributed by atoms with E-state index in [2.05, 4.69) is 22.0 Å². The molecular weight excluding hydrogens is 492 g/mol. The summed E-state index contributed by atoms with van der Waals surface area (Å²) in [5, 5.41) is 5.68. The van der Waals surface area contributed by atoms with Crippen molar-refractivity contribution in [3.8, 4) is 22.8 Å². The standard InChI is InChI=1S/C27H29ClN6O3/c1-18-13-20(23-7-8-30-33(23)3)19-5-4-6-24(27(19)31-18)36-16-21-22(28)14-29-15-25(21)37-17-26(35)34-11-9-32(2)10-12-34/h4-8,13-15H,9-12,16-17H2,1-3H3. The number of ether oxygens (including phenoxy) is 2. The second-order valence-corrected chi connectivity index (χ2v) is 9.57. The van der Waals surface area contributed by atoms with Gasteiger partial charge in [-0.25, -0.2) is 4.98 Å². The minimum Gasteiger partial charge on any atom is -0.486 e. The number of carbonyl (C=O) groups is 1. The fourth-order valence-electron chi connectivity index (χ4n) is 4.46. The first-order chi connectivity index (χ1) is 17.9. The Morgan fingerprint density at radius 1 is 1.05 bits per heavy atom. The van der Waals surface area contributed by atoms with Crippen molar-refractivity contribution < 1.29 is 14.3 Å². The first-order valence-corrected chi connectivity index (χ1v) is 12.5. The minimum atomic E-state index is -0.0815. The number of amides is 1. The fourth-order valence-corrected chi connectivity index (χ4v) is 4.67. The molecule has 37 heavy (non-hydrogen) atoms. The maximum absolute atomic E-state index is 12.7. The van der Waals surface area contributed by atoms with E-state index in [9.17, 15) is 4.79 Å². The highest BCUT2D eigenvalue weighted by molar-refractivity contribution is 6.31. The zero-order chi connectivity index (χ0) is 25.9. The Balaban J connectivity index is 1.36. The molecule has 4 aromatic rings. The summed E-state index contributed by atoms with van der Waals surface area (Å²) < 4.78 is 14.0. The molecule has 0 unspecified atom stereocenters. The van der Waals surface area contributed by atoms with Gasteiger partial charge in [-0.2, -0.15) is 5.10 Å². The van der Waals surface area contributed by atoms with Crippen LogP contribution in [0.15, 0.2) is 48.9 Å². The number of aryl methyl sites for hydroxylation is 2. The smallest absolute Gasteiger partial charge is 0.260 e. The van der Waals surface area contributed by atoms with Crippen LogP contribution in [-0.2, 0) is 18.4 Å². The molecule has 4 heterocycles. The molecule has 0 aliphatic carbocycles. The van der Waals surface area contributed by atoms with Crippen LogP contribution in [0.4, 0.5) is 0 Å². The lowest BCUT2D eigenvalue weighted by Gasteiger charge is -2.32. The van der Waals surface area contributed by atoms with Gasteiger partial charge in [0.05, 0.1) is 22.5 Å². The van der Waals surface area contributed by atoms with E-state index in [1.165, 1.54) is 0 Å². The van der Waals surface area contributed by atoms with Gasteiger partial charge in [-0.05, 0) is 32.2 Å². The Kier molecular flexibility index (Phi) is 7.25. The summed E-state index contributed by atoms with van der Waals surface area (Å²) in [5.74, 6) is 0.989. The van der Waals surface area contributed by atoms with Gasteiger partial charge < -0.3 is 19.3 Å². The maximum atomic E-state index is 12.7. The van der Waals surface area contributed by atoms with Gasteiger partial charge in [0.25, 0.3) is 5.91 Å². The molecule has 1 aromatic carbocycles. The molecule has 192 valence electrons. The highest BCUT2D eigenvalue weighted by Gasteiger charge is 2.21. The molecule has 10 heteroatoms.